The number of rotatable bonds is 7. The van der Waals surface area contributed by atoms with Crippen molar-refractivity contribution in [2.24, 2.45) is 5.92 Å². The molecule has 0 aliphatic carbocycles. The topological polar surface area (TPSA) is 0 Å². The van der Waals surface area contributed by atoms with Gasteiger partial charge >= 0.3 is 0 Å². The third kappa shape index (κ3) is 8.25. The minimum atomic E-state index is 0.819. The number of thiol groups is 1. The second kappa shape index (κ2) is 8.45. The van der Waals surface area contributed by atoms with Crippen molar-refractivity contribution in [3.8, 4) is 0 Å². The zero-order valence-electron chi connectivity index (χ0n) is 7.97. The molecule has 0 rings (SSSR count). The zero-order valence-corrected chi connectivity index (χ0v) is 8.87. The van der Waals surface area contributed by atoms with Crippen molar-refractivity contribution in [3.63, 3.8) is 0 Å². The highest BCUT2D eigenvalue weighted by Gasteiger charge is 1.97. The summed E-state index contributed by atoms with van der Waals surface area (Å²) in [4.78, 5) is 0. The second-order valence-corrected chi connectivity index (χ2v) is 3.86. The van der Waals surface area contributed by atoms with E-state index >= 15 is 0 Å². The smallest absolute Gasteiger partial charge is 0.00721 e. The van der Waals surface area contributed by atoms with Crippen LogP contribution >= 0.6 is 12.6 Å². The summed E-state index contributed by atoms with van der Waals surface area (Å²) in [5.41, 5.74) is 0. The summed E-state index contributed by atoms with van der Waals surface area (Å²) in [6.07, 6.45) is 8.38. The van der Waals surface area contributed by atoms with Gasteiger partial charge in [-0.1, -0.05) is 46.0 Å². The first-order chi connectivity index (χ1) is 5.31. The van der Waals surface area contributed by atoms with Crippen LogP contribution in [-0.4, -0.2) is 5.75 Å². The van der Waals surface area contributed by atoms with Gasteiger partial charge in [-0.25, -0.2) is 0 Å². The molecule has 0 bridgehead atoms. The molecule has 0 spiro atoms. The maximum atomic E-state index is 4.26. The van der Waals surface area contributed by atoms with Crippen LogP contribution < -0.4 is 0 Å². The quantitative estimate of drug-likeness (QED) is 0.439. The van der Waals surface area contributed by atoms with Gasteiger partial charge in [-0.05, 0) is 18.1 Å². The minimum absolute atomic E-state index is 0.819. The van der Waals surface area contributed by atoms with Crippen LogP contribution in [0.2, 0.25) is 0 Å². The third-order valence-electron chi connectivity index (χ3n) is 2.11. The molecular formula is C10H22S. The Hall–Kier alpha value is 0.350. The lowest BCUT2D eigenvalue weighted by molar-refractivity contribution is 0.525. The van der Waals surface area contributed by atoms with E-state index in [0.29, 0.717) is 0 Å². The Bertz CT molecular complexity index is 71.3. The van der Waals surface area contributed by atoms with E-state index in [-0.39, 0.29) is 0 Å². The van der Waals surface area contributed by atoms with E-state index in [1.165, 1.54) is 38.5 Å². The predicted octanol–water partition coefficient (Wildman–Crippen LogP) is 3.91. The zero-order chi connectivity index (χ0) is 8.53. The van der Waals surface area contributed by atoms with Gasteiger partial charge in [-0.15, -0.1) is 0 Å². The molecule has 1 heteroatoms. The van der Waals surface area contributed by atoms with Gasteiger partial charge in [0.25, 0.3) is 0 Å². The van der Waals surface area contributed by atoms with Crippen LogP contribution in [0, 0.1) is 5.92 Å². The van der Waals surface area contributed by atoms with Crippen LogP contribution in [-0.2, 0) is 0 Å². The van der Waals surface area contributed by atoms with Crippen molar-refractivity contribution < 1.29 is 0 Å². The van der Waals surface area contributed by atoms with Gasteiger partial charge in [0.2, 0.25) is 0 Å². The van der Waals surface area contributed by atoms with Crippen molar-refractivity contribution in [3.05, 3.63) is 0 Å². The fourth-order valence-corrected chi connectivity index (χ4v) is 1.37. The Balaban J connectivity index is 2.89. The lowest BCUT2D eigenvalue weighted by atomic mass is 10.0. The SMILES string of the molecule is CCCCCCCC(C)CS. The summed E-state index contributed by atoms with van der Waals surface area (Å²) in [7, 11) is 0. The summed E-state index contributed by atoms with van der Waals surface area (Å²) >= 11 is 4.26. The second-order valence-electron chi connectivity index (χ2n) is 3.49. The van der Waals surface area contributed by atoms with Crippen LogP contribution in [0.15, 0.2) is 0 Å². The third-order valence-corrected chi connectivity index (χ3v) is 2.74. The first-order valence-electron chi connectivity index (χ1n) is 4.92. The van der Waals surface area contributed by atoms with Crippen LogP contribution in [0.4, 0.5) is 0 Å². The molecule has 0 amide bonds. The maximum absolute atomic E-state index is 4.26. The molecular weight excluding hydrogens is 152 g/mol. The van der Waals surface area contributed by atoms with Gasteiger partial charge < -0.3 is 0 Å². The number of unbranched alkanes of at least 4 members (excludes halogenated alkanes) is 4. The van der Waals surface area contributed by atoms with E-state index in [2.05, 4.69) is 26.5 Å². The van der Waals surface area contributed by atoms with Gasteiger partial charge in [0.1, 0.15) is 0 Å². The molecule has 0 aliphatic rings. The van der Waals surface area contributed by atoms with Crippen LogP contribution in [0.25, 0.3) is 0 Å². The highest BCUT2D eigenvalue weighted by molar-refractivity contribution is 7.80. The molecule has 0 saturated carbocycles. The van der Waals surface area contributed by atoms with E-state index in [4.69, 9.17) is 0 Å². The molecule has 0 aliphatic heterocycles. The van der Waals surface area contributed by atoms with Crippen LogP contribution in [0.1, 0.15) is 52.4 Å². The highest BCUT2D eigenvalue weighted by atomic mass is 32.1. The average molecular weight is 174 g/mol. The molecule has 68 valence electrons. The van der Waals surface area contributed by atoms with Crippen molar-refractivity contribution in [1.29, 1.82) is 0 Å². The summed E-state index contributed by atoms with van der Waals surface area (Å²) in [6, 6.07) is 0. The molecule has 0 aromatic carbocycles. The van der Waals surface area contributed by atoms with Crippen LogP contribution in [0.3, 0.4) is 0 Å². The van der Waals surface area contributed by atoms with Crippen molar-refractivity contribution in [2.75, 3.05) is 5.75 Å². The van der Waals surface area contributed by atoms with Crippen LogP contribution in [0.5, 0.6) is 0 Å². The van der Waals surface area contributed by atoms with E-state index in [0.717, 1.165) is 11.7 Å². The average Bonchev–Trinajstić information content (AvgIpc) is 2.04. The fraction of sp³-hybridized carbons (Fsp3) is 1.00. The van der Waals surface area contributed by atoms with Gasteiger partial charge in [0, 0.05) is 0 Å². The Morgan fingerprint density at radius 2 is 1.73 bits per heavy atom. The van der Waals surface area contributed by atoms with Gasteiger partial charge in [0.15, 0.2) is 0 Å². The van der Waals surface area contributed by atoms with Gasteiger partial charge in [-0.3, -0.25) is 0 Å². The number of hydrogen-bond acceptors (Lipinski definition) is 1. The number of hydrogen-bond donors (Lipinski definition) is 1. The van der Waals surface area contributed by atoms with Gasteiger partial charge in [0.05, 0.1) is 0 Å². The fourth-order valence-electron chi connectivity index (χ4n) is 1.19. The van der Waals surface area contributed by atoms with Gasteiger partial charge in [-0.2, -0.15) is 12.6 Å². The summed E-state index contributed by atoms with van der Waals surface area (Å²) in [5, 5.41) is 0. The molecule has 0 fully saturated rings. The lowest BCUT2D eigenvalue weighted by Gasteiger charge is -2.06. The Morgan fingerprint density at radius 3 is 2.27 bits per heavy atom. The standard InChI is InChI=1S/C10H22S/c1-3-4-5-6-7-8-10(2)9-11/h10-11H,3-9H2,1-2H3. The van der Waals surface area contributed by atoms with E-state index in [1.54, 1.807) is 0 Å². The Labute approximate surface area is 77.2 Å². The van der Waals surface area contributed by atoms with E-state index in [1.807, 2.05) is 0 Å². The predicted molar refractivity (Wildman–Crippen MR) is 56.4 cm³/mol. The molecule has 0 nitrogen and oxygen atoms in total. The summed E-state index contributed by atoms with van der Waals surface area (Å²) < 4.78 is 0. The molecule has 0 radical (unpaired) electrons. The molecule has 0 aromatic rings. The maximum Gasteiger partial charge on any atom is -0.00721 e. The summed E-state index contributed by atoms with van der Waals surface area (Å²) in [6.45, 7) is 4.54. The van der Waals surface area contributed by atoms with Crippen molar-refractivity contribution in [1.82, 2.24) is 0 Å². The summed E-state index contributed by atoms with van der Waals surface area (Å²) in [5.74, 6) is 1.87. The van der Waals surface area contributed by atoms with Crippen molar-refractivity contribution >= 4 is 12.6 Å². The normalized spacial score (nSPS) is 13.4. The molecule has 1 atom stereocenters. The molecule has 1 unspecified atom stereocenters. The minimum Gasteiger partial charge on any atom is -0.179 e. The molecule has 0 aromatic heterocycles. The monoisotopic (exact) mass is 174 g/mol. The Kier molecular flexibility index (Phi) is 8.72. The molecule has 0 N–H and O–H groups in total. The Morgan fingerprint density at radius 1 is 1.09 bits per heavy atom. The molecule has 11 heavy (non-hydrogen) atoms. The van der Waals surface area contributed by atoms with E-state index in [9.17, 15) is 0 Å². The first-order valence-corrected chi connectivity index (χ1v) is 5.55. The molecule has 0 heterocycles. The highest BCUT2D eigenvalue weighted by Crippen LogP contribution is 2.11. The molecule has 0 saturated heterocycles. The first kappa shape index (κ1) is 11.4. The van der Waals surface area contributed by atoms with E-state index < -0.39 is 0 Å². The lowest BCUT2D eigenvalue weighted by Crippen LogP contribution is -1.95. The largest absolute Gasteiger partial charge is 0.179 e. The van der Waals surface area contributed by atoms with Crippen molar-refractivity contribution in [2.45, 2.75) is 52.4 Å².